The van der Waals surface area contributed by atoms with E-state index in [1.807, 2.05) is 6.92 Å². The molecule has 128 valence electrons. The monoisotopic (exact) mass is 318 g/mol. The highest BCUT2D eigenvalue weighted by Crippen LogP contribution is 2.22. The lowest BCUT2D eigenvalue weighted by atomic mass is 9.97. The predicted molar refractivity (Wildman–Crippen MR) is 79.6 cm³/mol. The summed E-state index contributed by atoms with van der Waals surface area (Å²) in [5.41, 5.74) is 4.85. The summed E-state index contributed by atoms with van der Waals surface area (Å²) in [4.78, 5) is 22.5. The molecule has 0 aromatic rings. The van der Waals surface area contributed by atoms with Crippen LogP contribution in [0, 0.1) is 0 Å². The van der Waals surface area contributed by atoms with E-state index >= 15 is 0 Å². The maximum absolute atomic E-state index is 11.4. The van der Waals surface area contributed by atoms with Crippen LogP contribution in [0.25, 0.3) is 0 Å². The molecule has 1 amide bonds. The van der Waals surface area contributed by atoms with Gasteiger partial charge < -0.3 is 30.7 Å². The van der Waals surface area contributed by atoms with Gasteiger partial charge in [0.05, 0.1) is 19.3 Å². The molecule has 3 unspecified atom stereocenters. The van der Waals surface area contributed by atoms with Crippen molar-refractivity contribution in [3.8, 4) is 0 Å². The fourth-order valence-electron chi connectivity index (χ4n) is 1.92. The van der Waals surface area contributed by atoms with Gasteiger partial charge in [0, 0.05) is 20.0 Å². The average Bonchev–Trinajstić information content (AvgIpc) is 2.47. The standard InChI is InChI=1S/C12H19NO6.C2H7N/c1-7(15)13-8-3-4-10(12(17)18-2)19-11(8)9(16)5-6-14;1-2-3/h4,8-9,11,14,16H,3,5-6H2,1-2H3,(H,13,15);2-3H2,1H3. The first kappa shape index (κ1) is 20.4. The number of amides is 1. The molecule has 0 fully saturated rings. The van der Waals surface area contributed by atoms with Gasteiger partial charge in [-0.25, -0.2) is 4.79 Å². The van der Waals surface area contributed by atoms with Gasteiger partial charge in [0.1, 0.15) is 6.10 Å². The number of ether oxygens (including phenoxy) is 2. The van der Waals surface area contributed by atoms with Crippen LogP contribution in [0.15, 0.2) is 11.8 Å². The molecule has 3 atom stereocenters. The van der Waals surface area contributed by atoms with Crippen molar-refractivity contribution in [2.75, 3.05) is 20.3 Å². The Kier molecular flexibility index (Phi) is 10.2. The van der Waals surface area contributed by atoms with E-state index in [-0.39, 0.29) is 24.7 Å². The second-order valence-electron chi connectivity index (χ2n) is 4.67. The third-order valence-corrected chi connectivity index (χ3v) is 2.80. The minimum atomic E-state index is -0.991. The van der Waals surface area contributed by atoms with Crippen molar-refractivity contribution >= 4 is 11.9 Å². The number of hydrogen-bond acceptors (Lipinski definition) is 7. The highest BCUT2D eigenvalue weighted by atomic mass is 16.6. The van der Waals surface area contributed by atoms with Gasteiger partial charge in [0.15, 0.2) is 0 Å². The summed E-state index contributed by atoms with van der Waals surface area (Å²) in [7, 11) is 1.23. The van der Waals surface area contributed by atoms with E-state index in [0.29, 0.717) is 6.42 Å². The molecule has 0 saturated carbocycles. The molecule has 1 aliphatic rings. The molecule has 8 heteroatoms. The summed E-state index contributed by atoms with van der Waals surface area (Å²) in [5.74, 6) is -0.890. The number of carbonyl (C=O) groups excluding carboxylic acids is 2. The summed E-state index contributed by atoms with van der Waals surface area (Å²) in [6.45, 7) is 3.79. The predicted octanol–water partition coefficient (Wildman–Crippen LogP) is -0.955. The maximum atomic E-state index is 11.4. The third-order valence-electron chi connectivity index (χ3n) is 2.80. The number of carbonyl (C=O) groups is 2. The highest BCUT2D eigenvalue weighted by Gasteiger charge is 2.35. The van der Waals surface area contributed by atoms with Gasteiger partial charge in [-0.05, 0) is 19.0 Å². The molecular weight excluding hydrogens is 292 g/mol. The Morgan fingerprint density at radius 2 is 2.18 bits per heavy atom. The van der Waals surface area contributed by atoms with E-state index in [2.05, 4.69) is 10.1 Å². The number of esters is 1. The Labute approximate surface area is 130 Å². The fourth-order valence-corrected chi connectivity index (χ4v) is 1.92. The molecular formula is C14H26N2O6. The van der Waals surface area contributed by atoms with Gasteiger partial charge in [-0.2, -0.15) is 0 Å². The first-order valence-electron chi connectivity index (χ1n) is 7.12. The number of aliphatic hydroxyl groups excluding tert-OH is 2. The number of nitrogens with one attached hydrogen (secondary N) is 1. The maximum Gasteiger partial charge on any atom is 0.372 e. The Morgan fingerprint density at radius 1 is 1.59 bits per heavy atom. The molecule has 0 spiro atoms. The van der Waals surface area contributed by atoms with Gasteiger partial charge in [-0.1, -0.05) is 6.92 Å². The zero-order valence-corrected chi connectivity index (χ0v) is 13.2. The zero-order chi connectivity index (χ0) is 17.1. The molecule has 8 nitrogen and oxygen atoms in total. The van der Waals surface area contributed by atoms with Crippen molar-refractivity contribution in [2.45, 2.75) is 44.9 Å². The largest absolute Gasteiger partial charge is 0.478 e. The average molecular weight is 318 g/mol. The van der Waals surface area contributed by atoms with E-state index < -0.39 is 24.2 Å². The molecule has 0 aromatic carbocycles. The van der Waals surface area contributed by atoms with E-state index in [9.17, 15) is 14.7 Å². The van der Waals surface area contributed by atoms with E-state index in [0.717, 1.165) is 6.54 Å². The molecule has 0 aliphatic carbocycles. The number of hydrogen-bond donors (Lipinski definition) is 4. The summed E-state index contributed by atoms with van der Waals surface area (Å²) < 4.78 is 9.92. The van der Waals surface area contributed by atoms with Crippen LogP contribution in [0.5, 0.6) is 0 Å². The first-order chi connectivity index (χ1) is 10.4. The Morgan fingerprint density at radius 3 is 2.64 bits per heavy atom. The van der Waals surface area contributed by atoms with E-state index in [1.54, 1.807) is 0 Å². The summed E-state index contributed by atoms with van der Waals surface area (Å²) in [5, 5.41) is 21.4. The van der Waals surface area contributed by atoms with Gasteiger partial charge in [-0.3, -0.25) is 4.79 Å². The number of methoxy groups -OCH3 is 1. The third kappa shape index (κ3) is 6.88. The van der Waals surface area contributed by atoms with E-state index in [4.69, 9.17) is 15.6 Å². The summed E-state index contributed by atoms with van der Waals surface area (Å²) >= 11 is 0. The van der Waals surface area contributed by atoms with Crippen molar-refractivity contribution in [3.63, 3.8) is 0 Å². The normalized spacial score (nSPS) is 21.5. The van der Waals surface area contributed by atoms with E-state index in [1.165, 1.54) is 20.1 Å². The van der Waals surface area contributed by atoms with Crippen LogP contribution >= 0.6 is 0 Å². The van der Waals surface area contributed by atoms with Crippen molar-refractivity contribution in [3.05, 3.63) is 11.8 Å². The van der Waals surface area contributed by atoms with Gasteiger partial charge in [0.25, 0.3) is 0 Å². The summed E-state index contributed by atoms with van der Waals surface area (Å²) in [6.07, 6.45) is 0.159. The molecule has 1 heterocycles. The second-order valence-corrected chi connectivity index (χ2v) is 4.67. The molecule has 0 aromatic heterocycles. The molecule has 1 aliphatic heterocycles. The number of nitrogens with two attached hydrogens (primary N) is 1. The molecule has 5 N–H and O–H groups in total. The molecule has 0 radical (unpaired) electrons. The quantitative estimate of drug-likeness (QED) is 0.480. The first-order valence-corrected chi connectivity index (χ1v) is 7.12. The van der Waals surface area contributed by atoms with Crippen molar-refractivity contribution < 1.29 is 29.3 Å². The van der Waals surface area contributed by atoms with Crippen molar-refractivity contribution in [1.82, 2.24) is 5.32 Å². The summed E-state index contributed by atoms with van der Waals surface area (Å²) in [6, 6.07) is -0.451. The van der Waals surface area contributed by atoms with Crippen molar-refractivity contribution in [1.29, 1.82) is 0 Å². The number of rotatable bonds is 5. The smallest absolute Gasteiger partial charge is 0.372 e. The van der Waals surface area contributed by atoms with Crippen LogP contribution in [-0.4, -0.2) is 60.6 Å². The van der Waals surface area contributed by atoms with Gasteiger partial charge in [0.2, 0.25) is 11.7 Å². The molecule has 0 saturated heterocycles. The van der Waals surface area contributed by atoms with Crippen LogP contribution in [0.3, 0.4) is 0 Å². The lowest BCUT2D eigenvalue weighted by molar-refractivity contribution is -0.144. The topological polar surface area (TPSA) is 131 Å². The van der Waals surface area contributed by atoms with Crippen LogP contribution < -0.4 is 11.1 Å². The van der Waals surface area contributed by atoms with Gasteiger partial charge >= 0.3 is 5.97 Å². The zero-order valence-electron chi connectivity index (χ0n) is 13.2. The molecule has 0 bridgehead atoms. The van der Waals surface area contributed by atoms with Crippen LogP contribution in [0.1, 0.15) is 26.7 Å². The highest BCUT2D eigenvalue weighted by molar-refractivity contribution is 5.86. The Hall–Kier alpha value is -1.64. The lowest BCUT2D eigenvalue weighted by Gasteiger charge is -2.34. The fraction of sp³-hybridized carbons (Fsp3) is 0.714. The minimum absolute atomic E-state index is 0.00564. The second kappa shape index (κ2) is 11.0. The molecule has 1 rings (SSSR count). The lowest BCUT2D eigenvalue weighted by Crippen LogP contribution is -2.51. The Balaban J connectivity index is 0.00000135. The van der Waals surface area contributed by atoms with Crippen LogP contribution in [0.4, 0.5) is 0 Å². The van der Waals surface area contributed by atoms with Crippen molar-refractivity contribution in [2.24, 2.45) is 5.73 Å². The number of aliphatic hydroxyl groups is 2. The van der Waals surface area contributed by atoms with Crippen LogP contribution in [-0.2, 0) is 19.1 Å². The molecule has 22 heavy (non-hydrogen) atoms. The SMILES string of the molecule is CCN.COC(=O)C1=CCC(NC(C)=O)C(C(O)CCO)O1. The Bertz CT molecular complexity index is 386. The van der Waals surface area contributed by atoms with Crippen LogP contribution in [0.2, 0.25) is 0 Å². The van der Waals surface area contributed by atoms with Gasteiger partial charge in [-0.15, -0.1) is 0 Å². The minimum Gasteiger partial charge on any atom is -0.478 e.